The fraction of sp³-hybridized carbons (Fsp3) is 0.562. The molecule has 1 heterocycles. The van der Waals surface area contributed by atoms with Crippen LogP contribution in [-0.2, 0) is 17.6 Å². The standard InChI is InChI=1S/C16H23N3O/c17-16(5-6-16)12-14-3-1-13(2-4-14)11-15(20)19-9-7-18-8-10-19/h1-4,18H,5-12,17H2. The summed E-state index contributed by atoms with van der Waals surface area (Å²) in [4.78, 5) is 14.1. The molecular formula is C16H23N3O. The van der Waals surface area contributed by atoms with Gasteiger partial charge in [-0.3, -0.25) is 4.79 Å². The summed E-state index contributed by atoms with van der Waals surface area (Å²) in [7, 11) is 0. The lowest BCUT2D eigenvalue weighted by Gasteiger charge is -2.27. The van der Waals surface area contributed by atoms with Gasteiger partial charge in [0.1, 0.15) is 0 Å². The Morgan fingerprint density at radius 2 is 1.75 bits per heavy atom. The molecule has 4 heteroatoms. The molecule has 0 spiro atoms. The summed E-state index contributed by atoms with van der Waals surface area (Å²) in [6, 6.07) is 8.38. The van der Waals surface area contributed by atoms with Gasteiger partial charge in [-0.25, -0.2) is 0 Å². The molecule has 3 rings (SSSR count). The van der Waals surface area contributed by atoms with E-state index in [9.17, 15) is 4.79 Å². The van der Waals surface area contributed by atoms with E-state index in [1.165, 1.54) is 5.56 Å². The van der Waals surface area contributed by atoms with E-state index in [2.05, 4.69) is 29.6 Å². The number of carbonyl (C=O) groups is 1. The molecular weight excluding hydrogens is 250 g/mol. The summed E-state index contributed by atoms with van der Waals surface area (Å²) in [5.74, 6) is 0.233. The van der Waals surface area contributed by atoms with Crippen molar-refractivity contribution in [3.63, 3.8) is 0 Å². The van der Waals surface area contributed by atoms with Gasteiger partial charge in [0.15, 0.2) is 0 Å². The third kappa shape index (κ3) is 3.38. The molecule has 1 saturated heterocycles. The van der Waals surface area contributed by atoms with Crippen LogP contribution in [0.2, 0.25) is 0 Å². The maximum Gasteiger partial charge on any atom is 0.227 e. The Labute approximate surface area is 120 Å². The minimum Gasteiger partial charge on any atom is -0.340 e. The van der Waals surface area contributed by atoms with Crippen LogP contribution in [0, 0.1) is 0 Å². The van der Waals surface area contributed by atoms with Crippen LogP contribution in [0.5, 0.6) is 0 Å². The molecule has 1 aromatic carbocycles. The van der Waals surface area contributed by atoms with Crippen LogP contribution in [0.15, 0.2) is 24.3 Å². The first-order valence-corrected chi connectivity index (χ1v) is 7.50. The summed E-state index contributed by atoms with van der Waals surface area (Å²) in [5, 5.41) is 3.26. The quantitative estimate of drug-likeness (QED) is 0.849. The zero-order valence-corrected chi connectivity index (χ0v) is 11.9. The molecule has 1 aromatic rings. The van der Waals surface area contributed by atoms with Gasteiger partial charge < -0.3 is 16.0 Å². The zero-order valence-electron chi connectivity index (χ0n) is 11.9. The van der Waals surface area contributed by atoms with Gasteiger partial charge in [-0.2, -0.15) is 0 Å². The van der Waals surface area contributed by atoms with Crippen molar-refractivity contribution in [3.8, 4) is 0 Å². The minimum atomic E-state index is 0.0537. The van der Waals surface area contributed by atoms with Crippen LogP contribution in [0.25, 0.3) is 0 Å². The minimum absolute atomic E-state index is 0.0537. The summed E-state index contributed by atoms with van der Waals surface area (Å²) in [5.41, 5.74) is 8.56. The smallest absolute Gasteiger partial charge is 0.227 e. The topological polar surface area (TPSA) is 58.4 Å². The fourth-order valence-corrected chi connectivity index (χ4v) is 2.72. The van der Waals surface area contributed by atoms with Crippen molar-refractivity contribution in [2.45, 2.75) is 31.2 Å². The number of benzene rings is 1. The highest BCUT2D eigenvalue weighted by molar-refractivity contribution is 5.78. The van der Waals surface area contributed by atoms with E-state index in [1.807, 2.05) is 4.90 Å². The molecule has 0 atom stereocenters. The second-order valence-electron chi connectivity index (χ2n) is 6.16. The number of amides is 1. The third-order valence-electron chi connectivity index (χ3n) is 4.30. The van der Waals surface area contributed by atoms with Gasteiger partial charge in [0.05, 0.1) is 6.42 Å². The summed E-state index contributed by atoms with van der Waals surface area (Å²) in [6.07, 6.45) is 3.74. The zero-order chi connectivity index (χ0) is 14.0. The van der Waals surface area contributed by atoms with Gasteiger partial charge in [-0.1, -0.05) is 24.3 Å². The number of hydrogen-bond acceptors (Lipinski definition) is 3. The molecule has 0 bridgehead atoms. The van der Waals surface area contributed by atoms with Crippen LogP contribution in [0.4, 0.5) is 0 Å². The van der Waals surface area contributed by atoms with Gasteiger partial charge in [0.2, 0.25) is 5.91 Å². The van der Waals surface area contributed by atoms with E-state index >= 15 is 0 Å². The van der Waals surface area contributed by atoms with E-state index < -0.39 is 0 Å². The number of nitrogens with two attached hydrogens (primary N) is 1. The van der Waals surface area contributed by atoms with Crippen molar-refractivity contribution in [1.29, 1.82) is 0 Å². The van der Waals surface area contributed by atoms with Crippen LogP contribution in [-0.4, -0.2) is 42.5 Å². The van der Waals surface area contributed by atoms with Crippen molar-refractivity contribution in [2.24, 2.45) is 5.73 Å². The van der Waals surface area contributed by atoms with E-state index in [4.69, 9.17) is 5.73 Å². The Bertz CT molecular complexity index is 473. The third-order valence-corrected chi connectivity index (χ3v) is 4.30. The first-order chi connectivity index (χ1) is 9.65. The molecule has 1 amide bonds. The van der Waals surface area contributed by atoms with Crippen molar-refractivity contribution >= 4 is 5.91 Å². The van der Waals surface area contributed by atoms with Crippen molar-refractivity contribution in [3.05, 3.63) is 35.4 Å². The number of nitrogens with one attached hydrogen (secondary N) is 1. The van der Waals surface area contributed by atoms with Crippen LogP contribution in [0.3, 0.4) is 0 Å². The Balaban J connectivity index is 1.55. The number of piperazine rings is 1. The predicted octanol–water partition coefficient (Wildman–Crippen LogP) is 0.695. The highest BCUT2D eigenvalue weighted by Crippen LogP contribution is 2.35. The van der Waals surface area contributed by atoms with E-state index in [0.29, 0.717) is 6.42 Å². The van der Waals surface area contributed by atoms with Gasteiger partial charge in [-0.05, 0) is 30.4 Å². The van der Waals surface area contributed by atoms with Gasteiger partial charge in [0, 0.05) is 31.7 Å². The molecule has 20 heavy (non-hydrogen) atoms. The molecule has 1 saturated carbocycles. The average Bonchev–Trinajstić information content (AvgIpc) is 3.19. The molecule has 1 aliphatic carbocycles. The molecule has 2 aliphatic rings. The number of nitrogens with zero attached hydrogens (tertiary/aromatic N) is 1. The van der Waals surface area contributed by atoms with Gasteiger partial charge in [0.25, 0.3) is 0 Å². The molecule has 1 aliphatic heterocycles. The highest BCUT2D eigenvalue weighted by atomic mass is 16.2. The Kier molecular flexibility index (Phi) is 3.76. The van der Waals surface area contributed by atoms with E-state index in [0.717, 1.165) is 51.0 Å². The Morgan fingerprint density at radius 1 is 1.15 bits per heavy atom. The molecule has 0 unspecified atom stereocenters. The monoisotopic (exact) mass is 273 g/mol. The second-order valence-corrected chi connectivity index (χ2v) is 6.16. The van der Waals surface area contributed by atoms with Crippen molar-refractivity contribution in [2.75, 3.05) is 26.2 Å². The van der Waals surface area contributed by atoms with Crippen LogP contribution >= 0.6 is 0 Å². The molecule has 2 fully saturated rings. The predicted molar refractivity (Wildman–Crippen MR) is 79.5 cm³/mol. The van der Waals surface area contributed by atoms with Crippen molar-refractivity contribution < 1.29 is 4.79 Å². The number of hydrogen-bond donors (Lipinski definition) is 2. The number of rotatable bonds is 4. The van der Waals surface area contributed by atoms with E-state index in [1.54, 1.807) is 0 Å². The lowest BCUT2D eigenvalue weighted by atomic mass is 10.0. The first-order valence-electron chi connectivity index (χ1n) is 7.50. The average molecular weight is 273 g/mol. The molecule has 0 radical (unpaired) electrons. The lowest BCUT2D eigenvalue weighted by Crippen LogP contribution is -2.46. The highest BCUT2D eigenvalue weighted by Gasteiger charge is 2.37. The Morgan fingerprint density at radius 3 is 2.35 bits per heavy atom. The second kappa shape index (κ2) is 5.54. The van der Waals surface area contributed by atoms with Gasteiger partial charge >= 0.3 is 0 Å². The van der Waals surface area contributed by atoms with Crippen LogP contribution in [0.1, 0.15) is 24.0 Å². The van der Waals surface area contributed by atoms with Crippen LogP contribution < -0.4 is 11.1 Å². The molecule has 3 N–H and O–H groups in total. The fourth-order valence-electron chi connectivity index (χ4n) is 2.72. The maximum atomic E-state index is 12.2. The molecule has 0 aromatic heterocycles. The SMILES string of the molecule is NC1(Cc2ccc(CC(=O)N3CCNCC3)cc2)CC1. The molecule has 4 nitrogen and oxygen atoms in total. The normalized spacial score (nSPS) is 20.8. The lowest BCUT2D eigenvalue weighted by molar-refractivity contribution is -0.131. The maximum absolute atomic E-state index is 12.2. The number of carbonyl (C=O) groups excluding carboxylic acids is 1. The van der Waals surface area contributed by atoms with E-state index in [-0.39, 0.29) is 11.4 Å². The summed E-state index contributed by atoms with van der Waals surface area (Å²) in [6.45, 7) is 3.46. The summed E-state index contributed by atoms with van der Waals surface area (Å²) >= 11 is 0. The largest absolute Gasteiger partial charge is 0.340 e. The van der Waals surface area contributed by atoms with Crippen molar-refractivity contribution in [1.82, 2.24) is 10.2 Å². The summed E-state index contributed by atoms with van der Waals surface area (Å²) < 4.78 is 0. The van der Waals surface area contributed by atoms with Gasteiger partial charge in [-0.15, -0.1) is 0 Å². The Hall–Kier alpha value is -1.39. The molecule has 108 valence electrons. The first kappa shape index (κ1) is 13.6.